The van der Waals surface area contributed by atoms with Crippen molar-refractivity contribution in [1.82, 2.24) is 4.90 Å². The van der Waals surface area contributed by atoms with Gasteiger partial charge in [-0.2, -0.15) is 0 Å². The van der Waals surface area contributed by atoms with Gasteiger partial charge in [-0.25, -0.2) is 0 Å². The van der Waals surface area contributed by atoms with E-state index >= 15 is 0 Å². The molecule has 0 aromatic rings. The minimum Gasteiger partial charge on any atom is -0.389 e. The summed E-state index contributed by atoms with van der Waals surface area (Å²) in [6.07, 6.45) is 2.73. The van der Waals surface area contributed by atoms with Gasteiger partial charge in [0.15, 0.2) is 0 Å². The number of ether oxygens (including phenoxy) is 1. The number of nitrogens with zero attached hydrogens (tertiary/aromatic N) is 1. The lowest BCUT2D eigenvalue weighted by molar-refractivity contribution is 0.0217. The maximum Gasteiger partial charge on any atom is 0.0718 e. The smallest absolute Gasteiger partial charge is 0.0718 e. The summed E-state index contributed by atoms with van der Waals surface area (Å²) in [7, 11) is 2.03. The maximum absolute atomic E-state index is 9.58. The Morgan fingerprint density at radius 2 is 2.23 bits per heavy atom. The number of hydrogen-bond donors (Lipinski definition) is 1. The van der Waals surface area contributed by atoms with Crippen LogP contribution in [-0.4, -0.2) is 48.5 Å². The Morgan fingerprint density at radius 3 is 2.69 bits per heavy atom. The summed E-state index contributed by atoms with van der Waals surface area (Å²) in [5, 5.41) is 9.58. The van der Waals surface area contributed by atoms with Crippen LogP contribution in [0, 0.1) is 0 Å². The molecule has 1 heterocycles. The average Bonchev–Trinajstić information content (AvgIpc) is 2.34. The highest BCUT2D eigenvalue weighted by Gasteiger charge is 2.21. The minimum absolute atomic E-state index is 0.382. The molecule has 1 rings (SSSR count). The molecule has 0 saturated carbocycles. The second-order valence-electron chi connectivity index (χ2n) is 4.64. The second-order valence-corrected chi connectivity index (χ2v) is 4.64. The summed E-state index contributed by atoms with van der Waals surface area (Å²) in [4.78, 5) is 2.13. The summed E-state index contributed by atoms with van der Waals surface area (Å²) in [5.74, 6) is 0. The van der Waals surface area contributed by atoms with Crippen molar-refractivity contribution in [1.29, 1.82) is 0 Å². The van der Waals surface area contributed by atoms with Crippen LogP contribution in [0.3, 0.4) is 0 Å². The van der Waals surface area contributed by atoms with Crippen LogP contribution in [0.5, 0.6) is 0 Å². The third-order valence-electron chi connectivity index (χ3n) is 2.20. The van der Waals surface area contributed by atoms with E-state index in [1.54, 1.807) is 0 Å². The second kappa shape index (κ2) is 4.40. The van der Waals surface area contributed by atoms with Crippen LogP contribution in [0.25, 0.3) is 0 Å². The van der Waals surface area contributed by atoms with Crippen molar-refractivity contribution >= 4 is 0 Å². The van der Waals surface area contributed by atoms with Gasteiger partial charge in [0.2, 0.25) is 0 Å². The van der Waals surface area contributed by atoms with E-state index in [-0.39, 0.29) is 0 Å². The molecule has 1 aliphatic rings. The lowest BCUT2D eigenvalue weighted by atomic mass is 10.1. The zero-order valence-corrected chi connectivity index (χ0v) is 8.92. The zero-order valence-electron chi connectivity index (χ0n) is 8.92. The van der Waals surface area contributed by atoms with Crippen molar-refractivity contribution in [3.8, 4) is 0 Å². The normalized spacial score (nSPS) is 24.2. The van der Waals surface area contributed by atoms with E-state index in [1.165, 1.54) is 6.42 Å². The van der Waals surface area contributed by atoms with Gasteiger partial charge in [0, 0.05) is 19.7 Å². The van der Waals surface area contributed by atoms with Gasteiger partial charge in [-0.1, -0.05) is 0 Å². The molecule has 0 aromatic carbocycles. The van der Waals surface area contributed by atoms with Crippen LogP contribution in [0.2, 0.25) is 0 Å². The summed E-state index contributed by atoms with van der Waals surface area (Å²) < 4.78 is 5.51. The minimum atomic E-state index is -0.604. The fourth-order valence-electron chi connectivity index (χ4n) is 1.86. The summed E-state index contributed by atoms with van der Waals surface area (Å²) >= 11 is 0. The van der Waals surface area contributed by atoms with E-state index in [2.05, 4.69) is 4.90 Å². The first kappa shape index (κ1) is 11.0. The van der Waals surface area contributed by atoms with Crippen LogP contribution < -0.4 is 0 Å². The Morgan fingerprint density at radius 1 is 1.54 bits per heavy atom. The highest BCUT2D eigenvalue weighted by molar-refractivity contribution is 4.74. The van der Waals surface area contributed by atoms with Crippen molar-refractivity contribution in [2.45, 2.75) is 38.4 Å². The van der Waals surface area contributed by atoms with Crippen LogP contribution in [0.4, 0.5) is 0 Å². The van der Waals surface area contributed by atoms with Gasteiger partial charge in [-0.15, -0.1) is 0 Å². The molecule has 0 radical (unpaired) electrons. The first-order chi connectivity index (χ1) is 5.97. The molecule has 0 amide bonds. The van der Waals surface area contributed by atoms with Crippen molar-refractivity contribution in [3.05, 3.63) is 0 Å². The molecule has 0 aliphatic carbocycles. The Kier molecular flexibility index (Phi) is 3.71. The average molecular weight is 187 g/mol. The van der Waals surface area contributed by atoms with Gasteiger partial charge < -0.3 is 14.7 Å². The van der Waals surface area contributed by atoms with Gasteiger partial charge in [0.1, 0.15) is 0 Å². The fraction of sp³-hybridized carbons (Fsp3) is 1.00. The maximum atomic E-state index is 9.58. The first-order valence-electron chi connectivity index (χ1n) is 5.00. The summed E-state index contributed by atoms with van der Waals surface area (Å²) in [6, 6.07) is 0. The molecular weight excluding hydrogens is 166 g/mol. The van der Waals surface area contributed by atoms with Crippen molar-refractivity contribution in [2.75, 3.05) is 26.7 Å². The van der Waals surface area contributed by atoms with Gasteiger partial charge in [-0.05, 0) is 33.7 Å². The summed E-state index contributed by atoms with van der Waals surface area (Å²) in [6.45, 7) is 6.20. The van der Waals surface area contributed by atoms with Crippen molar-refractivity contribution in [3.63, 3.8) is 0 Å². The van der Waals surface area contributed by atoms with E-state index in [0.29, 0.717) is 12.6 Å². The van der Waals surface area contributed by atoms with E-state index in [9.17, 15) is 5.11 Å². The lowest BCUT2D eigenvalue weighted by Crippen LogP contribution is -2.39. The third kappa shape index (κ3) is 4.60. The van der Waals surface area contributed by atoms with Gasteiger partial charge in [0.05, 0.1) is 11.7 Å². The number of rotatable bonds is 4. The molecule has 1 aliphatic heterocycles. The quantitative estimate of drug-likeness (QED) is 0.709. The van der Waals surface area contributed by atoms with E-state index < -0.39 is 5.60 Å². The van der Waals surface area contributed by atoms with Gasteiger partial charge in [-0.3, -0.25) is 0 Å². The topological polar surface area (TPSA) is 32.7 Å². The SMILES string of the molecule is CN(CC1CCCO1)CC(C)(C)O. The van der Waals surface area contributed by atoms with Crippen molar-refractivity contribution < 1.29 is 9.84 Å². The fourth-order valence-corrected chi connectivity index (χ4v) is 1.86. The van der Waals surface area contributed by atoms with Crippen molar-refractivity contribution in [2.24, 2.45) is 0 Å². The summed E-state index contributed by atoms with van der Waals surface area (Å²) in [5.41, 5.74) is -0.604. The monoisotopic (exact) mass is 187 g/mol. The Labute approximate surface area is 80.7 Å². The van der Waals surface area contributed by atoms with Crippen LogP contribution in [-0.2, 0) is 4.74 Å². The third-order valence-corrected chi connectivity index (χ3v) is 2.20. The predicted octanol–water partition coefficient (Wildman–Crippen LogP) is 0.868. The molecule has 1 N–H and O–H groups in total. The molecule has 1 saturated heterocycles. The molecule has 1 fully saturated rings. The van der Waals surface area contributed by atoms with Crippen LogP contribution >= 0.6 is 0 Å². The molecule has 78 valence electrons. The Hall–Kier alpha value is -0.120. The van der Waals surface area contributed by atoms with E-state index in [4.69, 9.17) is 4.74 Å². The van der Waals surface area contributed by atoms with Crippen LogP contribution in [0.15, 0.2) is 0 Å². The van der Waals surface area contributed by atoms with E-state index in [0.717, 1.165) is 19.6 Å². The number of hydrogen-bond acceptors (Lipinski definition) is 3. The highest BCUT2D eigenvalue weighted by atomic mass is 16.5. The standard InChI is InChI=1S/C10H21NO2/c1-10(2,12)8-11(3)7-9-5-4-6-13-9/h9,12H,4-8H2,1-3H3. The lowest BCUT2D eigenvalue weighted by Gasteiger charge is -2.27. The molecule has 0 aromatic heterocycles. The molecule has 13 heavy (non-hydrogen) atoms. The molecule has 3 nitrogen and oxygen atoms in total. The molecule has 3 heteroatoms. The number of likely N-dealkylation sites (N-methyl/N-ethyl adjacent to an activating group) is 1. The molecule has 1 atom stereocenters. The van der Waals surface area contributed by atoms with Gasteiger partial charge >= 0.3 is 0 Å². The molecule has 1 unspecified atom stereocenters. The van der Waals surface area contributed by atoms with E-state index in [1.807, 2.05) is 20.9 Å². The molecular formula is C10H21NO2. The first-order valence-corrected chi connectivity index (χ1v) is 5.00. The Balaban J connectivity index is 2.20. The number of aliphatic hydroxyl groups is 1. The Bertz CT molecular complexity index is 147. The largest absolute Gasteiger partial charge is 0.389 e. The van der Waals surface area contributed by atoms with Crippen LogP contribution in [0.1, 0.15) is 26.7 Å². The highest BCUT2D eigenvalue weighted by Crippen LogP contribution is 2.13. The zero-order chi connectivity index (χ0) is 9.90. The predicted molar refractivity (Wildman–Crippen MR) is 52.8 cm³/mol. The molecule has 0 spiro atoms. The van der Waals surface area contributed by atoms with Gasteiger partial charge in [0.25, 0.3) is 0 Å². The molecule has 0 bridgehead atoms.